The van der Waals surface area contributed by atoms with Crippen LogP contribution in [0, 0.1) is 26.7 Å². The summed E-state index contributed by atoms with van der Waals surface area (Å²) in [4.78, 5) is 26.6. The lowest BCUT2D eigenvalue weighted by Gasteiger charge is -2.31. The Labute approximate surface area is 136 Å². The molecule has 1 aromatic carbocycles. The third-order valence-corrected chi connectivity index (χ3v) is 5.45. The van der Waals surface area contributed by atoms with Crippen molar-refractivity contribution in [2.75, 3.05) is 18.8 Å². The van der Waals surface area contributed by atoms with Gasteiger partial charge in [0, 0.05) is 18.0 Å². The third-order valence-electron chi connectivity index (χ3n) is 4.12. The predicted octanol–water partition coefficient (Wildman–Crippen LogP) is 2.43. The molecule has 5 heteroatoms. The first kappa shape index (κ1) is 16.9. The van der Waals surface area contributed by atoms with Gasteiger partial charge in [-0.1, -0.05) is 17.7 Å². The minimum absolute atomic E-state index is 0.0929. The number of carbonyl (C=O) groups excluding carboxylic acids is 2. The molecule has 22 heavy (non-hydrogen) atoms. The molecule has 2 rings (SSSR count). The van der Waals surface area contributed by atoms with Gasteiger partial charge in [0.1, 0.15) is 0 Å². The molecule has 1 unspecified atom stereocenters. The lowest BCUT2D eigenvalue weighted by atomic mass is 9.97. The Kier molecular flexibility index (Phi) is 5.51. The first-order valence-corrected chi connectivity index (χ1v) is 8.64. The van der Waals surface area contributed by atoms with Crippen molar-refractivity contribution in [3.05, 3.63) is 28.8 Å². The Balaban J connectivity index is 1.97. The minimum Gasteiger partial charge on any atom is -0.369 e. The molecule has 0 aliphatic carbocycles. The van der Waals surface area contributed by atoms with E-state index in [9.17, 15) is 9.59 Å². The molecule has 1 aliphatic rings. The number of hydrogen-bond acceptors (Lipinski definition) is 3. The lowest BCUT2D eigenvalue weighted by Crippen LogP contribution is -2.44. The van der Waals surface area contributed by atoms with E-state index < -0.39 is 0 Å². The van der Waals surface area contributed by atoms with Gasteiger partial charge < -0.3 is 10.6 Å². The summed E-state index contributed by atoms with van der Waals surface area (Å²) in [6, 6.07) is 4.29. The Morgan fingerprint density at radius 1 is 1.27 bits per heavy atom. The molecule has 0 radical (unpaired) electrons. The number of rotatable bonds is 4. The quantitative estimate of drug-likeness (QED) is 0.867. The molecule has 1 fully saturated rings. The van der Waals surface area contributed by atoms with Gasteiger partial charge >= 0.3 is 0 Å². The van der Waals surface area contributed by atoms with Gasteiger partial charge in [0.2, 0.25) is 11.8 Å². The molecule has 2 amide bonds. The van der Waals surface area contributed by atoms with E-state index >= 15 is 0 Å². The second-order valence-electron chi connectivity index (χ2n) is 6.10. The Morgan fingerprint density at radius 2 is 1.91 bits per heavy atom. The Morgan fingerprint density at radius 3 is 2.50 bits per heavy atom. The smallest absolute Gasteiger partial charge is 0.232 e. The maximum Gasteiger partial charge on any atom is 0.232 e. The molecule has 1 aliphatic heterocycles. The average Bonchev–Trinajstić information content (AvgIpc) is 2.46. The second kappa shape index (κ2) is 7.18. The van der Waals surface area contributed by atoms with Crippen molar-refractivity contribution in [1.29, 1.82) is 0 Å². The highest BCUT2D eigenvalue weighted by molar-refractivity contribution is 8.00. The van der Waals surface area contributed by atoms with Gasteiger partial charge in [0.25, 0.3) is 0 Å². The monoisotopic (exact) mass is 320 g/mol. The van der Waals surface area contributed by atoms with E-state index in [0.717, 1.165) is 19.4 Å². The van der Waals surface area contributed by atoms with Crippen molar-refractivity contribution >= 4 is 23.6 Å². The van der Waals surface area contributed by atoms with E-state index in [4.69, 9.17) is 5.73 Å². The highest BCUT2D eigenvalue weighted by Crippen LogP contribution is 2.28. The standard InChI is InChI=1S/C17H24N2O2S/c1-11-7-12(2)16(13(3)8-11)22-10-15(20)19-6-4-5-14(9-19)17(18)21/h7-8,14H,4-6,9-10H2,1-3H3,(H2,18,21). The van der Waals surface area contributed by atoms with Gasteiger partial charge in [-0.25, -0.2) is 0 Å². The van der Waals surface area contributed by atoms with Crippen LogP contribution in [0.3, 0.4) is 0 Å². The fraction of sp³-hybridized carbons (Fsp3) is 0.529. The zero-order chi connectivity index (χ0) is 16.3. The summed E-state index contributed by atoms with van der Waals surface area (Å²) in [5, 5.41) is 0. The number of benzene rings is 1. The van der Waals surface area contributed by atoms with Crippen LogP contribution in [0.4, 0.5) is 0 Å². The molecule has 2 N–H and O–H groups in total. The van der Waals surface area contributed by atoms with Gasteiger partial charge in [-0.05, 0) is 44.7 Å². The van der Waals surface area contributed by atoms with E-state index in [1.54, 1.807) is 16.7 Å². The molecule has 1 heterocycles. The second-order valence-corrected chi connectivity index (χ2v) is 7.08. The molecule has 0 saturated carbocycles. The van der Waals surface area contributed by atoms with Crippen LogP contribution in [0.15, 0.2) is 17.0 Å². The van der Waals surface area contributed by atoms with Crippen molar-refractivity contribution in [3.63, 3.8) is 0 Å². The number of primary amides is 1. The van der Waals surface area contributed by atoms with E-state index in [1.807, 2.05) is 0 Å². The highest BCUT2D eigenvalue weighted by Gasteiger charge is 2.26. The molecule has 0 aromatic heterocycles. The van der Waals surface area contributed by atoms with Crippen LogP contribution < -0.4 is 5.73 Å². The van der Waals surface area contributed by atoms with Gasteiger partial charge in [0.05, 0.1) is 11.7 Å². The maximum atomic E-state index is 12.4. The number of likely N-dealkylation sites (tertiary alicyclic amines) is 1. The number of aryl methyl sites for hydroxylation is 3. The number of nitrogens with two attached hydrogens (primary N) is 1. The molecule has 1 aromatic rings. The van der Waals surface area contributed by atoms with Gasteiger partial charge in [-0.2, -0.15) is 0 Å². The number of nitrogens with zero attached hydrogens (tertiary/aromatic N) is 1. The van der Waals surface area contributed by atoms with Crippen molar-refractivity contribution in [2.45, 2.75) is 38.5 Å². The molecular formula is C17H24N2O2S. The predicted molar refractivity (Wildman–Crippen MR) is 89.9 cm³/mol. The summed E-state index contributed by atoms with van der Waals surface area (Å²) in [5.41, 5.74) is 9.03. The summed E-state index contributed by atoms with van der Waals surface area (Å²) < 4.78 is 0. The number of amides is 2. The largest absolute Gasteiger partial charge is 0.369 e. The van der Waals surface area contributed by atoms with Crippen LogP contribution in [0.1, 0.15) is 29.5 Å². The van der Waals surface area contributed by atoms with Crippen molar-refractivity contribution in [3.8, 4) is 0 Å². The highest BCUT2D eigenvalue weighted by atomic mass is 32.2. The Hall–Kier alpha value is -1.49. The molecule has 4 nitrogen and oxygen atoms in total. The Bertz CT molecular complexity index is 563. The van der Waals surface area contributed by atoms with Crippen molar-refractivity contribution < 1.29 is 9.59 Å². The fourth-order valence-electron chi connectivity index (χ4n) is 3.06. The van der Waals surface area contributed by atoms with Gasteiger partial charge in [-0.15, -0.1) is 11.8 Å². The van der Waals surface area contributed by atoms with Gasteiger partial charge in [-0.3, -0.25) is 9.59 Å². The molecule has 0 bridgehead atoms. The average molecular weight is 320 g/mol. The zero-order valence-corrected chi connectivity index (χ0v) is 14.3. The summed E-state index contributed by atoms with van der Waals surface area (Å²) in [7, 11) is 0. The van der Waals surface area contributed by atoms with E-state index in [0.29, 0.717) is 12.3 Å². The summed E-state index contributed by atoms with van der Waals surface area (Å²) >= 11 is 1.59. The normalized spacial score (nSPS) is 18.3. The van der Waals surface area contributed by atoms with Crippen molar-refractivity contribution in [1.82, 2.24) is 4.90 Å². The van der Waals surface area contributed by atoms with E-state index in [-0.39, 0.29) is 17.7 Å². The van der Waals surface area contributed by atoms with Crippen LogP contribution in [0.25, 0.3) is 0 Å². The van der Waals surface area contributed by atoms with Crippen LogP contribution in [-0.4, -0.2) is 35.6 Å². The number of hydrogen-bond donors (Lipinski definition) is 1. The SMILES string of the molecule is Cc1cc(C)c(SCC(=O)N2CCCC(C(N)=O)C2)c(C)c1. The lowest BCUT2D eigenvalue weighted by molar-refractivity contribution is -0.132. The van der Waals surface area contributed by atoms with Crippen LogP contribution >= 0.6 is 11.8 Å². The molecular weight excluding hydrogens is 296 g/mol. The zero-order valence-electron chi connectivity index (χ0n) is 13.5. The summed E-state index contributed by atoms with van der Waals surface area (Å²) in [6.45, 7) is 7.45. The topological polar surface area (TPSA) is 63.4 Å². The van der Waals surface area contributed by atoms with Crippen LogP contribution in [0.5, 0.6) is 0 Å². The number of carbonyl (C=O) groups is 2. The molecule has 1 saturated heterocycles. The molecule has 120 valence electrons. The third kappa shape index (κ3) is 4.03. The summed E-state index contributed by atoms with van der Waals surface area (Å²) in [6.07, 6.45) is 1.65. The van der Waals surface area contributed by atoms with E-state index in [2.05, 4.69) is 32.9 Å². The molecule has 0 spiro atoms. The maximum absolute atomic E-state index is 12.4. The minimum atomic E-state index is -0.296. The van der Waals surface area contributed by atoms with Gasteiger partial charge in [0.15, 0.2) is 0 Å². The number of thioether (sulfide) groups is 1. The van der Waals surface area contributed by atoms with Crippen LogP contribution in [-0.2, 0) is 9.59 Å². The van der Waals surface area contributed by atoms with E-state index in [1.165, 1.54) is 21.6 Å². The fourth-order valence-corrected chi connectivity index (χ4v) is 4.08. The first-order chi connectivity index (χ1) is 10.4. The summed E-state index contributed by atoms with van der Waals surface area (Å²) in [5.74, 6) is 0.0206. The number of piperidine rings is 1. The molecule has 1 atom stereocenters. The first-order valence-electron chi connectivity index (χ1n) is 7.66. The van der Waals surface area contributed by atoms with Crippen molar-refractivity contribution in [2.24, 2.45) is 11.7 Å². The van der Waals surface area contributed by atoms with Crippen LogP contribution in [0.2, 0.25) is 0 Å².